The summed E-state index contributed by atoms with van der Waals surface area (Å²) in [6, 6.07) is 10.6. The second kappa shape index (κ2) is 7.89. The monoisotopic (exact) mass is 343 g/mol. The van der Waals surface area contributed by atoms with Gasteiger partial charge in [0.05, 0.1) is 0 Å². The van der Waals surface area contributed by atoms with E-state index >= 15 is 0 Å². The van der Waals surface area contributed by atoms with Crippen molar-refractivity contribution in [1.82, 2.24) is 4.98 Å². The number of rotatable bonds is 4. The van der Waals surface area contributed by atoms with E-state index in [0.717, 1.165) is 11.4 Å². The number of thiophene rings is 1. The summed E-state index contributed by atoms with van der Waals surface area (Å²) in [7, 11) is 0. The van der Waals surface area contributed by atoms with E-state index in [9.17, 15) is 0 Å². The molecular weight excluding hydrogens is 318 g/mol. The van der Waals surface area contributed by atoms with Crippen LogP contribution >= 0.6 is 22.7 Å². The molecular formula is C20H25NS2. The highest BCUT2D eigenvalue weighted by molar-refractivity contribution is 7.14. The van der Waals surface area contributed by atoms with E-state index in [-0.39, 0.29) is 5.41 Å². The lowest BCUT2D eigenvalue weighted by Crippen LogP contribution is -2.14. The average molecular weight is 344 g/mol. The molecule has 0 aliphatic rings. The van der Waals surface area contributed by atoms with Crippen molar-refractivity contribution in [2.45, 2.75) is 46.5 Å². The van der Waals surface area contributed by atoms with Crippen molar-refractivity contribution in [3.8, 4) is 21.7 Å². The highest BCUT2D eigenvalue weighted by atomic mass is 32.1. The van der Waals surface area contributed by atoms with Crippen molar-refractivity contribution in [2.75, 3.05) is 0 Å². The van der Waals surface area contributed by atoms with Gasteiger partial charge in [0.1, 0.15) is 5.01 Å². The Labute approximate surface area is 148 Å². The van der Waals surface area contributed by atoms with Crippen LogP contribution in [0.3, 0.4) is 0 Å². The van der Waals surface area contributed by atoms with E-state index in [4.69, 9.17) is 0 Å². The number of benzene rings is 1. The van der Waals surface area contributed by atoms with Gasteiger partial charge in [-0.25, -0.2) is 4.98 Å². The largest absolute Gasteiger partial charge is 0.244 e. The van der Waals surface area contributed by atoms with Crippen LogP contribution in [0.1, 0.15) is 45.9 Å². The van der Waals surface area contributed by atoms with Gasteiger partial charge in [-0.1, -0.05) is 65.0 Å². The summed E-state index contributed by atoms with van der Waals surface area (Å²) in [5.41, 5.74) is 4.09. The van der Waals surface area contributed by atoms with Crippen molar-refractivity contribution in [1.29, 1.82) is 0 Å². The van der Waals surface area contributed by atoms with Crippen molar-refractivity contribution in [2.24, 2.45) is 0 Å². The predicted molar refractivity (Wildman–Crippen MR) is 106 cm³/mol. The molecule has 0 saturated heterocycles. The van der Waals surface area contributed by atoms with Gasteiger partial charge in [-0.15, -0.1) is 22.7 Å². The number of hydrogen-bond donors (Lipinski definition) is 0. The molecule has 0 radical (unpaired) electrons. The Kier molecular flexibility index (Phi) is 6.14. The molecule has 0 amide bonds. The first kappa shape index (κ1) is 17.9. The molecule has 122 valence electrons. The fourth-order valence-electron chi connectivity index (χ4n) is 2.41. The molecule has 0 bridgehead atoms. The van der Waals surface area contributed by atoms with Gasteiger partial charge in [0.25, 0.3) is 0 Å². The Hall–Kier alpha value is -1.45. The first-order valence-electron chi connectivity index (χ1n) is 8.20. The maximum atomic E-state index is 4.58. The highest BCUT2D eigenvalue weighted by Crippen LogP contribution is 2.46. The first-order chi connectivity index (χ1) is 11.1. The van der Waals surface area contributed by atoms with E-state index < -0.39 is 0 Å². The second-order valence-electron chi connectivity index (χ2n) is 5.79. The Morgan fingerprint density at radius 2 is 1.74 bits per heavy atom. The lowest BCUT2D eigenvalue weighted by molar-refractivity contribution is 0.518. The Morgan fingerprint density at radius 1 is 1.04 bits per heavy atom. The average Bonchev–Trinajstić information content (AvgIpc) is 3.26. The first-order valence-corrected chi connectivity index (χ1v) is 9.96. The maximum absolute atomic E-state index is 4.58. The second-order valence-corrected chi connectivity index (χ2v) is 7.57. The van der Waals surface area contributed by atoms with E-state index in [1.165, 1.54) is 21.6 Å². The van der Waals surface area contributed by atoms with Crippen molar-refractivity contribution < 1.29 is 0 Å². The normalized spacial score (nSPS) is 11.0. The zero-order valence-corrected chi connectivity index (χ0v) is 16.2. The van der Waals surface area contributed by atoms with Crippen LogP contribution in [0.15, 0.2) is 47.3 Å². The number of nitrogens with zero attached hydrogens (tertiary/aromatic N) is 1. The van der Waals surface area contributed by atoms with Gasteiger partial charge in [-0.3, -0.25) is 0 Å². The molecule has 0 spiro atoms. The van der Waals surface area contributed by atoms with E-state index in [2.05, 4.69) is 66.8 Å². The minimum absolute atomic E-state index is 0.179. The summed E-state index contributed by atoms with van der Waals surface area (Å²) in [5.74, 6) is 0. The van der Waals surface area contributed by atoms with Crippen molar-refractivity contribution in [3.05, 3.63) is 52.2 Å². The maximum Gasteiger partial charge on any atom is 0.125 e. The van der Waals surface area contributed by atoms with Crippen molar-refractivity contribution in [3.63, 3.8) is 0 Å². The van der Waals surface area contributed by atoms with Gasteiger partial charge in [0.15, 0.2) is 0 Å². The van der Waals surface area contributed by atoms with Gasteiger partial charge >= 0.3 is 0 Å². The molecule has 1 aromatic carbocycles. The van der Waals surface area contributed by atoms with Gasteiger partial charge in [0.2, 0.25) is 0 Å². The van der Waals surface area contributed by atoms with Crippen LogP contribution in [0, 0.1) is 0 Å². The third-order valence-electron chi connectivity index (χ3n) is 4.02. The van der Waals surface area contributed by atoms with Gasteiger partial charge in [0, 0.05) is 27.6 Å². The fourth-order valence-corrected chi connectivity index (χ4v) is 4.45. The quantitative estimate of drug-likeness (QED) is 0.486. The Bertz CT molecular complexity index is 709. The van der Waals surface area contributed by atoms with E-state index in [1.54, 1.807) is 11.3 Å². The number of thiazole rings is 1. The fraction of sp³-hybridized carbons (Fsp3) is 0.350. The number of hydrogen-bond acceptors (Lipinski definition) is 3. The lowest BCUT2D eigenvalue weighted by Gasteiger charge is -2.23. The summed E-state index contributed by atoms with van der Waals surface area (Å²) >= 11 is 3.59. The molecule has 0 aliphatic heterocycles. The molecule has 0 fully saturated rings. The Morgan fingerprint density at radius 3 is 2.30 bits per heavy atom. The van der Waals surface area contributed by atoms with Gasteiger partial charge in [-0.05, 0) is 22.8 Å². The minimum atomic E-state index is 0.179. The van der Waals surface area contributed by atoms with Gasteiger partial charge < -0.3 is 0 Å². The van der Waals surface area contributed by atoms with E-state index in [0.29, 0.717) is 0 Å². The molecule has 0 aliphatic carbocycles. The third-order valence-corrected chi connectivity index (χ3v) is 6.16. The molecule has 2 aromatic heterocycles. The summed E-state index contributed by atoms with van der Waals surface area (Å²) in [6.07, 6.45) is 3.02. The molecule has 3 aromatic rings. The van der Waals surface area contributed by atoms with Crippen LogP contribution in [0.5, 0.6) is 0 Å². The molecule has 1 nitrogen and oxygen atoms in total. The Balaban J connectivity index is 0.000000924. The SMILES string of the molecule is CC.CCC(C)(C)c1scc(-c2ccccc2)c1-c1nccs1. The predicted octanol–water partition coefficient (Wildman–Crippen LogP) is 7.25. The summed E-state index contributed by atoms with van der Waals surface area (Å²) in [5, 5.41) is 5.48. The van der Waals surface area contributed by atoms with Crippen LogP contribution in [0.4, 0.5) is 0 Å². The van der Waals surface area contributed by atoms with E-state index in [1.807, 2.05) is 31.4 Å². The highest BCUT2D eigenvalue weighted by Gasteiger charge is 2.27. The standard InChI is InChI=1S/C18H19NS2.C2H6/c1-4-18(2,3)16-15(17-19-10-11-20-17)14(12-21-16)13-8-6-5-7-9-13;1-2/h5-12H,4H2,1-3H3;1-2H3. The van der Waals surface area contributed by atoms with Crippen LogP contribution in [-0.4, -0.2) is 4.98 Å². The van der Waals surface area contributed by atoms with Crippen LogP contribution < -0.4 is 0 Å². The van der Waals surface area contributed by atoms with Crippen LogP contribution in [0.2, 0.25) is 0 Å². The molecule has 0 N–H and O–H groups in total. The summed E-state index contributed by atoms with van der Waals surface area (Å²) in [6.45, 7) is 10.9. The molecule has 0 unspecified atom stereocenters. The molecule has 23 heavy (non-hydrogen) atoms. The zero-order chi connectivity index (χ0) is 16.9. The lowest BCUT2D eigenvalue weighted by atomic mass is 9.85. The third kappa shape index (κ3) is 3.73. The topological polar surface area (TPSA) is 12.9 Å². The smallest absolute Gasteiger partial charge is 0.125 e. The van der Waals surface area contributed by atoms with Crippen LogP contribution in [-0.2, 0) is 5.41 Å². The molecule has 0 saturated carbocycles. The number of aromatic nitrogens is 1. The minimum Gasteiger partial charge on any atom is -0.244 e. The summed E-state index contributed by atoms with van der Waals surface area (Å²) < 4.78 is 0. The van der Waals surface area contributed by atoms with Crippen molar-refractivity contribution >= 4 is 22.7 Å². The van der Waals surface area contributed by atoms with Crippen LogP contribution in [0.25, 0.3) is 21.7 Å². The van der Waals surface area contributed by atoms with Gasteiger partial charge in [-0.2, -0.15) is 0 Å². The molecule has 3 heteroatoms. The molecule has 3 rings (SSSR count). The molecule has 2 heterocycles. The molecule has 0 atom stereocenters. The summed E-state index contributed by atoms with van der Waals surface area (Å²) in [4.78, 5) is 6.02. The zero-order valence-electron chi connectivity index (χ0n) is 14.6.